The summed E-state index contributed by atoms with van der Waals surface area (Å²) in [5.41, 5.74) is 2.64. The van der Waals surface area contributed by atoms with Crippen LogP contribution in [0.2, 0.25) is 5.02 Å². The molecule has 0 saturated heterocycles. The second-order valence-electron chi connectivity index (χ2n) is 4.29. The fourth-order valence-electron chi connectivity index (χ4n) is 1.62. The smallest absolute Gasteiger partial charge is 0.267 e. The average Bonchev–Trinajstić information content (AvgIpc) is 2.50. The number of nitro groups is 1. The zero-order chi connectivity index (χ0) is 17.0. The van der Waals surface area contributed by atoms with Gasteiger partial charge in [0.15, 0.2) is 0 Å². The Hall–Kier alpha value is -2.32. The number of non-ortho nitro benzene ring substituents is 1. The molecule has 9 heteroatoms. The Kier molecular flexibility index (Phi) is 5.41. The molecule has 2 aromatic rings. The first-order chi connectivity index (χ1) is 10.9. The van der Waals surface area contributed by atoms with E-state index >= 15 is 0 Å². The van der Waals surface area contributed by atoms with Crippen molar-refractivity contribution in [2.24, 2.45) is 5.10 Å². The van der Waals surface area contributed by atoms with Gasteiger partial charge in [-0.2, -0.15) is 5.10 Å². The van der Waals surface area contributed by atoms with Crippen molar-refractivity contribution in [2.45, 2.75) is 0 Å². The Labute approximate surface area is 143 Å². The molecule has 0 atom stereocenters. The van der Waals surface area contributed by atoms with Crippen molar-refractivity contribution < 1.29 is 14.1 Å². The summed E-state index contributed by atoms with van der Waals surface area (Å²) in [5.74, 6) is -1.04. The van der Waals surface area contributed by atoms with Crippen LogP contribution in [0, 0.1) is 15.9 Å². The van der Waals surface area contributed by atoms with Gasteiger partial charge >= 0.3 is 0 Å². The molecular formula is C14H8BrClFN3O3. The lowest BCUT2D eigenvalue weighted by Gasteiger charge is -2.02. The molecule has 2 rings (SSSR count). The molecule has 1 N–H and O–H groups in total. The van der Waals surface area contributed by atoms with Crippen LogP contribution in [-0.4, -0.2) is 17.0 Å². The van der Waals surface area contributed by atoms with E-state index in [2.05, 4.69) is 26.5 Å². The summed E-state index contributed by atoms with van der Waals surface area (Å²) < 4.78 is 13.4. The first-order valence-electron chi connectivity index (χ1n) is 6.11. The van der Waals surface area contributed by atoms with Gasteiger partial charge in [0.25, 0.3) is 11.6 Å². The number of carbonyl (C=O) groups excluding carboxylic acids is 1. The first-order valence-corrected chi connectivity index (χ1v) is 7.28. The first kappa shape index (κ1) is 17.0. The second kappa shape index (κ2) is 7.30. The SMILES string of the molecule is O=C(NN=Cc1ccc(F)c(Br)c1)c1ccc([N+](=O)[O-])cc1Cl. The van der Waals surface area contributed by atoms with Crippen LogP contribution in [0.25, 0.3) is 0 Å². The van der Waals surface area contributed by atoms with Crippen LogP contribution in [-0.2, 0) is 0 Å². The maximum Gasteiger partial charge on any atom is 0.272 e. The number of halogens is 3. The molecule has 0 aliphatic rings. The Morgan fingerprint density at radius 2 is 2.09 bits per heavy atom. The molecule has 0 radical (unpaired) electrons. The van der Waals surface area contributed by atoms with Crippen molar-refractivity contribution in [3.8, 4) is 0 Å². The van der Waals surface area contributed by atoms with Crippen molar-refractivity contribution in [2.75, 3.05) is 0 Å². The number of hydrogen-bond donors (Lipinski definition) is 1. The number of nitro benzene ring substituents is 1. The van der Waals surface area contributed by atoms with Gasteiger partial charge < -0.3 is 0 Å². The number of carbonyl (C=O) groups is 1. The van der Waals surface area contributed by atoms with E-state index in [1.54, 1.807) is 0 Å². The summed E-state index contributed by atoms with van der Waals surface area (Å²) in [6, 6.07) is 7.71. The highest BCUT2D eigenvalue weighted by Gasteiger charge is 2.14. The molecule has 0 fully saturated rings. The van der Waals surface area contributed by atoms with Crippen LogP contribution in [0.5, 0.6) is 0 Å². The van der Waals surface area contributed by atoms with Gasteiger partial charge in [0.1, 0.15) is 5.82 Å². The molecule has 0 aromatic heterocycles. The molecular weight excluding hydrogens is 393 g/mol. The van der Waals surface area contributed by atoms with Crippen molar-refractivity contribution in [3.05, 3.63) is 73.0 Å². The summed E-state index contributed by atoms with van der Waals surface area (Å²) in [7, 11) is 0. The Morgan fingerprint density at radius 3 is 2.70 bits per heavy atom. The lowest BCUT2D eigenvalue weighted by molar-refractivity contribution is -0.384. The molecule has 2 aromatic carbocycles. The van der Waals surface area contributed by atoms with Crippen LogP contribution < -0.4 is 5.43 Å². The normalized spacial score (nSPS) is 10.7. The van der Waals surface area contributed by atoms with Gasteiger partial charge in [-0.15, -0.1) is 0 Å². The van der Waals surface area contributed by atoms with E-state index < -0.39 is 16.6 Å². The highest BCUT2D eigenvalue weighted by Crippen LogP contribution is 2.22. The summed E-state index contributed by atoms with van der Waals surface area (Å²) >= 11 is 8.87. The Balaban J connectivity index is 2.08. The number of hydrazone groups is 1. The number of nitrogens with one attached hydrogen (secondary N) is 1. The molecule has 0 aliphatic carbocycles. The third-order valence-electron chi connectivity index (χ3n) is 2.73. The highest BCUT2D eigenvalue weighted by atomic mass is 79.9. The largest absolute Gasteiger partial charge is 0.272 e. The van der Waals surface area contributed by atoms with Gasteiger partial charge in [-0.1, -0.05) is 17.7 Å². The van der Waals surface area contributed by atoms with Crippen LogP contribution >= 0.6 is 27.5 Å². The van der Waals surface area contributed by atoms with Crippen molar-refractivity contribution >= 4 is 45.3 Å². The predicted octanol–water partition coefficient (Wildman–Crippen LogP) is 3.91. The van der Waals surface area contributed by atoms with Crippen molar-refractivity contribution in [1.82, 2.24) is 5.43 Å². The summed E-state index contributed by atoms with van der Waals surface area (Å²) in [4.78, 5) is 21.9. The monoisotopic (exact) mass is 399 g/mol. The number of nitrogens with zero attached hydrogens (tertiary/aromatic N) is 2. The quantitative estimate of drug-likeness (QED) is 0.480. The summed E-state index contributed by atoms with van der Waals surface area (Å²) in [6.45, 7) is 0. The maximum atomic E-state index is 13.1. The van der Waals surface area contributed by atoms with E-state index in [-0.39, 0.29) is 20.7 Å². The van der Waals surface area contributed by atoms with E-state index in [9.17, 15) is 19.3 Å². The second-order valence-corrected chi connectivity index (χ2v) is 5.56. The minimum atomic E-state index is -0.623. The van der Waals surface area contributed by atoms with Gasteiger partial charge in [-0.25, -0.2) is 9.82 Å². The minimum Gasteiger partial charge on any atom is -0.267 e. The van der Waals surface area contributed by atoms with Crippen LogP contribution in [0.1, 0.15) is 15.9 Å². The Bertz CT molecular complexity index is 814. The molecule has 23 heavy (non-hydrogen) atoms. The van der Waals surface area contributed by atoms with Crippen LogP contribution in [0.3, 0.4) is 0 Å². The standard InChI is InChI=1S/C14H8BrClFN3O3/c15-11-5-8(1-4-13(11)17)7-18-19-14(21)10-3-2-9(20(22)23)6-12(10)16/h1-7H,(H,19,21). The molecule has 0 heterocycles. The molecule has 0 bridgehead atoms. The minimum absolute atomic E-state index is 0.0507. The topological polar surface area (TPSA) is 84.6 Å². The molecule has 0 saturated carbocycles. The molecule has 0 aliphatic heterocycles. The van der Waals surface area contributed by atoms with Gasteiger partial charge in [-0.3, -0.25) is 14.9 Å². The molecule has 0 spiro atoms. The number of rotatable bonds is 4. The van der Waals surface area contributed by atoms with Gasteiger partial charge in [-0.05, 0) is 39.7 Å². The Morgan fingerprint density at radius 1 is 1.35 bits per heavy atom. The number of benzene rings is 2. The molecule has 0 unspecified atom stereocenters. The van der Waals surface area contributed by atoms with Gasteiger partial charge in [0.05, 0.1) is 26.2 Å². The lowest BCUT2D eigenvalue weighted by atomic mass is 10.2. The third kappa shape index (κ3) is 4.33. The van der Waals surface area contributed by atoms with Crippen LogP contribution in [0.4, 0.5) is 10.1 Å². The van der Waals surface area contributed by atoms with E-state index in [4.69, 9.17) is 11.6 Å². The van der Waals surface area contributed by atoms with E-state index in [1.807, 2.05) is 0 Å². The fraction of sp³-hybridized carbons (Fsp3) is 0. The van der Waals surface area contributed by atoms with Gasteiger partial charge in [0, 0.05) is 12.1 Å². The fourth-order valence-corrected chi connectivity index (χ4v) is 2.28. The zero-order valence-electron chi connectivity index (χ0n) is 11.3. The molecule has 6 nitrogen and oxygen atoms in total. The predicted molar refractivity (Wildman–Crippen MR) is 87.3 cm³/mol. The molecule has 1 amide bonds. The highest BCUT2D eigenvalue weighted by molar-refractivity contribution is 9.10. The van der Waals surface area contributed by atoms with E-state index in [1.165, 1.54) is 36.5 Å². The summed E-state index contributed by atoms with van der Waals surface area (Å²) in [5, 5.41) is 14.3. The molecule has 118 valence electrons. The van der Waals surface area contributed by atoms with Crippen LogP contribution in [0.15, 0.2) is 46.0 Å². The van der Waals surface area contributed by atoms with Crippen molar-refractivity contribution in [3.63, 3.8) is 0 Å². The van der Waals surface area contributed by atoms with Gasteiger partial charge in [0.2, 0.25) is 0 Å². The van der Waals surface area contributed by atoms with E-state index in [0.29, 0.717) is 5.56 Å². The summed E-state index contributed by atoms with van der Waals surface area (Å²) in [6.07, 6.45) is 1.32. The maximum absolute atomic E-state index is 13.1. The van der Waals surface area contributed by atoms with Crippen molar-refractivity contribution in [1.29, 1.82) is 0 Å². The average molecular weight is 401 g/mol. The third-order valence-corrected chi connectivity index (χ3v) is 3.65. The number of amides is 1. The number of hydrogen-bond acceptors (Lipinski definition) is 4. The lowest BCUT2D eigenvalue weighted by Crippen LogP contribution is -2.18. The van der Waals surface area contributed by atoms with E-state index in [0.717, 1.165) is 6.07 Å². The zero-order valence-corrected chi connectivity index (χ0v) is 13.6.